The molecule has 78 valence electrons. The van der Waals surface area contributed by atoms with Gasteiger partial charge in [-0.2, -0.15) is 0 Å². The first kappa shape index (κ1) is 10.4. The average molecular weight is 241 g/mol. The minimum atomic E-state index is 0.358. The third-order valence-corrected chi connectivity index (χ3v) is 3.07. The second kappa shape index (κ2) is 4.16. The molecule has 0 saturated carbocycles. The van der Waals surface area contributed by atoms with Crippen molar-refractivity contribution in [3.05, 3.63) is 29.3 Å². The van der Waals surface area contributed by atoms with Gasteiger partial charge in [-0.15, -0.1) is 11.8 Å². The number of thioether (sulfide) groups is 1. The van der Waals surface area contributed by atoms with Crippen LogP contribution in [0.3, 0.4) is 0 Å². The Balaban J connectivity index is 2.60. The van der Waals surface area contributed by atoms with E-state index in [-0.39, 0.29) is 0 Å². The quantitative estimate of drug-likeness (QED) is 0.819. The molecule has 5 heteroatoms. The molecule has 0 aliphatic rings. The van der Waals surface area contributed by atoms with Gasteiger partial charge in [0.05, 0.1) is 10.6 Å². The van der Waals surface area contributed by atoms with E-state index in [4.69, 9.17) is 21.9 Å². The average Bonchev–Trinajstić information content (AvgIpc) is 2.64. The van der Waals surface area contributed by atoms with Crippen LogP contribution in [0.1, 0.15) is 0 Å². The lowest BCUT2D eigenvalue weighted by molar-refractivity contribution is 0.435. The van der Waals surface area contributed by atoms with Gasteiger partial charge in [-0.25, -0.2) is 0 Å². The van der Waals surface area contributed by atoms with Crippen molar-refractivity contribution in [2.24, 2.45) is 0 Å². The number of hydrogen-bond acceptors (Lipinski definition) is 4. The minimum Gasteiger partial charge on any atom is -0.381 e. The zero-order valence-corrected chi connectivity index (χ0v) is 9.60. The first-order valence-corrected chi connectivity index (χ1v) is 5.87. The van der Waals surface area contributed by atoms with Crippen molar-refractivity contribution >= 4 is 29.2 Å². The van der Waals surface area contributed by atoms with Crippen molar-refractivity contribution in [1.29, 1.82) is 0 Å². The van der Waals surface area contributed by atoms with E-state index in [2.05, 4.69) is 5.16 Å². The molecule has 2 rings (SSSR count). The van der Waals surface area contributed by atoms with E-state index < -0.39 is 0 Å². The number of halogens is 1. The Labute approximate surface area is 96.6 Å². The predicted molar refractivity (Wildman–Crippen MR) is 63.1 cm³/mol. The molecule has 0 aliphatic carbocycles. The van der Waals surface area contributed by atoms with Crippen LogP contribution in [-0.2, 0) is 0 Å². The van der Waals surface area contributed by atoms with Crippen LogP contribution in [-0.4, -0.2) is 11.4 Å². The number of benzene rings is 1. The Hall–Kier alpha value is -1.13. The Morgan fingerprint density at radius 1 is 1.47 bits per heavy atom. The first-order valence-electron chi connectivity index (χ1n) is 4.27. The van der Waals surface area contributed by atoms with E-state index in [0.717, 1.165) is 10.5 Å². The fraction of sp³-hybridized carbons (Fsp3) is 0.100. The molecular weight excluding hydrogens is 232 g/mol. The van der Waals surface area contributed by atoms with Crippen LogP contribution in [0.4, 0.5) is 5.82 Å². The summed E-state index contributed by atoms with van der Waals surface area (Å²) < 4.78 is 5.10. The molecule has 0 atom stereocenters. The van der Waals surface area contributed by atoms with Crippen molar-refractivity contribution in [2.75, 3.05) is 12.0 Å². The Kier molecular flexibility index (Phi) is 2.88. The second-order valence-electron chi connectivity index (χ2n) is 2.93. The van der Waals surface area contributed by atoms with Crippen molar-refractivity contribution in [1.82, 2.24) is 5.16 Å². The number of anilines is 1. The summed E-state index contributed by atoms with van der Waals surface area (Å²) in [5, 5.41) is 4.28. The lowest BCUT2D eigenvalue weighted by atomic mass is 10.2. The van der Waals surface area contributed by atoms with Crippen LogP contribution < -0.4 is 5.73 Å². The van der Waals surface area contributed by atoms with Crippen LogP contribution in [0, 0.1) is 0 Å². The fourth-order valence-corrected chi connectivity index (χ4v) is 2.27. The fourth-order valence-electron chi connectivity index (χ4n) is 1.32. The molecule has 1 aromatic heterocycles. The summed E-state index contributed by atoms with van der Waals surface area (Å²) in [4.78, 5) is 1.04. The van der Waals surface area contributed by atoms with E-state index in [1.807, 2.05) is 24.5 Å². The summed E-state index contributed by atoms with van der Waals surface area (Å²) >= 11 is 7.71. The number of nitrogen functional groups attached to an aromatic ring is 1. The molecule has 0 radical (unpaired) electrons. The molecule has 0 spiro atoms. The topological polar surface area (TPSA) is 52.0 Å². The van der Waals surface area contributed by atoms with Crippen LogP contribution in [0.5, 0.6) is 0 Å². The normalized spacial score (nSPS) is 10.5. The van der Waals surface area contributed by atoms with E-state index in [1.165, 1.54) is 0 Å². The highest BCUT2D eigenvalue weighted by molar-refractivity contribution is 7.98. The van der Waals surface area contributed by atoms with Crippen LogP contribution in [0.25, 0.3) is 11.3 Å². The highest BCUT2D eigenvalue weighted by Crippen LogP contribution is 2.36. The van der Waals surface area contributed by atoms with E-state index in [1.54, 1.807) is 17.8 Å². The summed E-state index contributed by atoms with van der Waals surface area (Å²) in [7, 11) is 0. The smallest absolute Gasteiger partial charge is 0.171 e. The summed E-state index contributed by atoms with van der Waals surface area (Å²) in [6.45, 7) is 0. The van der Waals surface area contributed by atoms with Crippen molar-refractivity contribution < 1.29 is 4.52 Å². The van der Waals surface area contributed by atoms with Gasteiger partial charge in [0.15, 0.2) is 11.6 Å². The molecule has 15 heavy (non-hydrogen) atoms. The molecule has 2 N–H and O–H groups in total. The lowest BCUT2D eigenvalue weighted by Crippen LogP contribution is -1.82. The molecule has 2 aromatic rings. The maximum Gasteiger partial charge on any atom is 0.171 e. The molecule has 0 bridgehead atoms. The molecule has 0 aliphatic heterocycles. The van der Waals surface area contributed by atoms with Crippen molar-refractivity contribution in [2.45, 2.75) is 4.90 Å². The molecular formula is C10H9ClN2OS. The SMILES string of the molecule is CSc1cccc(Cl)c1-c1cc(N)no1. The third kappa shape index (κ3) is 1.96. The van der Waals surface area contributed by atoms with Gasteiger partial charge in [0.1, 0.15) is 0 Å². The number of nitrogens with two attached hydrogens (primary N) is 1. The summed E-state index contributed by atoms with van der Waals surface area (Å²) in [5.41, 5.74) is 6.35. The Bertz CT molecular complexity index is 484. The van der Waals surface area contributed by atoms with Gasteiger partial charge in [0.2, 0.25) is 0 Å². The standard InChI is InChI=1S/C10H9ClN2OS/c1-15-8-4-2-3-6(11)10(8)7-5-9(12)13-14-7/h2-5H,1H3,(H2,12,13). The first-order chi connectivity index (χ1) is 7.22. The van der Waals surface area contributed by atoms with Gasteiger partial charge in [0, 0.05) is 11.0 Å². The number of rotatable bonds is 2. The summed E-state index contributed by atoms with van der Waals surface area (Å²) in [5.74, 6) is 0.958. The van der Waals surface area contributed by atoms with Crippen LogP contribution >= 0.6 is 23.4 Å². The van der Waals surface area contributed by atoms with Gasteiger partial charge in [-0.3, -0.25) is 0 Å². The molecule has 3 nitrogen and oxygen atoms in total. The van der Waals surface area contributed by atoms with Gasteiger partial charge < -0.3 is 10.3 Å². The monoisotopic (exact) mass is 240 g/mol. The highest BCUT2D eigenvalue weighted by atomic mass is 35.5. The van der Waals surface area contributed by atoms with Gasteiger partial charge in [0.25, 0.3) is 0 Å². The third-order valence-electron chi connectivity index (χ3n) is 1.97. The second-order valence-corrected chi connectivity index (χ2v) is 4.19. The van der Waals surface area contributed by atoms with E-state index in [9.17, 15) is 0 Å². The van der Waals surface area contributed by atoms with Crippen molar-refractivity contribution in [3.63, 3.8) is 0 Å². The largest absolute Gasteiger partial charge is 0.381 e. The zero-order valence-electron chi connectivity index (χ0n) is 8.03. The van der Waals surface area contributed by atoms with Crippen molar-refractivity contribution in [3.8, 4) is 11.3 Å². The number of aromatic nitrogens is 1. The summed E-state index contributed by atoms with van der Waals surface area (Å²) in [6, 6.07) is 7.36. The maximum atomic E-state index is 6.11. The highest BCUT2D eigenvalue weighted by Gasteiger charge is 2.13. The maximum absolute atomic E-state index is 6.11. The van der Waals surface area contributed by atoms with Gasteiger partial charge in [-0.05, 0) is 18.4 Å². The van der Waals surface area contributed by atoms with E-state index >= 15 is 0 Å². The Morgan fingerprint density at radius 2 is 2.27 bits per heavy atom. The minimum absolute atomic E-state index is 0.358. The zero-order chi connectivity index (χ0) is 10.8. The Morgan fingerprint density at radius 3 is 2.87 bits per heavy atom. The molecule has 0 saturated heterocycles. The van der Waals surface area contributed by atoms with Gasteiger partial charge in [-0.1, -0.05) is 22.8 Å². The number of hydrogen-bond donors (Lipinski definition) is 1. The van der Waals surface area contributed by atoms with Crippen LogP contribution in [0.15, 0.2) is 33.7 Å². The van der Waals surface area contributed by atoms with Crippen LogP contribution in [0.2, 0.25) is 5.02 Å². The molecule has 0 amide bonds. The van der Waals surface area contributed by atoms with E-state index in [0.29, 0.717) is 16.6 Å². The van der Waals surface area contributed by atoms with Gasteiger partial charge >= 0.3 is 0 Å². The molecule has 1 heterocycles. The lowest BCUT2D eigenvalue weighted by Gasteiger charge is -2.05. The molecule has 0 unspecified atom stereocenters. The summed E-state index contributed by atoms with van der Waals surface area (Å²) in [6.07, 6.45) is 1.98. The predicted octanol–water partition coefficient (Wildman–Crippen LogP) is 3.30. The number of nitrogens with zero attached hydrogens (tertiary/aromatic N) is 1. The molecule has 1 aromatic carbocycles. The molecule has 0 fully saturated rings.